The number of carbonyl (C=O) groups excluding carboxylic acids is 1. The van der Waals surface area contributed by atoms with Gasteiger partial charge >= 0.3 is 0 Å². The first kappa shape index (κ1) is 15.8. The van der Waals surface area contributed by atoms with Crippen LogP contribution in [0.25, 0.3) is 0 Å². The summed E-state index contributed by atoms with van der Waals surface area (Å²) in [7, 11) is 0. The molecule has 1 saturated heterocycles. The molecule has 0 atom stereocenters. The van der Waals surface area contributed by atoms with Crippen LogP contribution in [0.3, 0.4) is 0 Å². The van der Waals surface area contributed by atoms with Crippen LogP contribution in [0.1, 0.15) is 23.2 Å². The van der Waals surface area contributed by atoms with E-state index in [9.17, 15) is 4.79 Å². The molecule has 2 aliphatic rings. The number of nitrogens with zero attached hydrogens (tertiary/aromatic N) is 5. The van der Waals surface area contributed by atoms with E-state index in [2.05, 4.69) is 25.2 Å². The SMILES string of the molecule is O=C(c1cccnc1)N1CCN(c2cc(NCC3CC3)ncn2)CC1. The average molecular weight is 338 g/mol. The minimum atomic E-state index is 0.0437. The minimum absolute atomic E-state index is 0.0437. The standard InChI is InChI=1S/C18H22N6O/c25-18(15-2-1-5-19-12-15)24-8-6-23(7-9-24)17-10-16(21-13-22-17)20-11-14-3-4-14/h1-2,5,10,12-14H,3-4,6-9,11H2,(H,20,21,22). The monoisotopic (exact) mass is 338 g/mol. The van der Waals surface area contributed by atoms with Gasteiger partial charge in [-0.15, -0.1) is 0 Å². The van der Waals surface area contributed by atoms with Crippen molar-refractivity contribution in [3.8, 4) is 0 Å². The topological polar surface area (TPSA) is 74.2 Å². The third kappa shape index (κ3) is 3.87. The molecule has 1 N–H and O–H groups in total. The molecule has 1 saturated carbocycles. The molecule has 25 heavy (non-hydrogen) atoms. The van der Waals surface area contributed by atoms with Crippen molar-refractivity contribution in [2.45, 2.75) is 12.8 Å². The van der Waals surface area contributed by atoms with Crippen molar-refractivity contribution in [3.05, 3.63) is 42.5 Å². The molecule has 0 bridgehead atoms. The lowest BCUT2D eigenvalue weighted by Crippen LogP contribution is -2.49. The predicted octanol–water partition coefficient (Wildman–Crippen LogP) is 1.66. The Hall–Kier alpha value is -2.70. The zero-order valence-corrected chi connectivity index (χ0v) is 14.1. The molecule has 1 aliphatic heterocycles. The minimum Gasteiger partial charge on any atom is -0.370 e. The normalized spacial score (nSPS) is 17.4. The molecule has 130 valence electrons. The van der Waals surface area contributed by atoms with Crippen LogP contribution in [-0.4, -0.2) is 58.5 Å². The van der Waals surface area contributed by atoms with Gasteiger partial charge in [0.1, 0.15) is 18.0 Å². The van der Waals surface area contributed by atoms with Gasteiger partial charge in [-0.25, -0.2) is 9.97 Å². The van der Waals surface area contributed by atoms with E-state index in [4.69, 9.17) is 0 Å². The second kappa shape index (κ2) is 7.04. The maximum Gasteiger partial charge on any atom is 0.255 e. The lowest BCUT2D eigenvalue weighted by atomic mass is 10.2. The molecule has 7 heteroatoms. The summed E-state index contributed by atoms with van der Waals surface area (Å²) in [5.41, 5.74) is 0.643. The number of pyridine rings is 1. The molecule has 4 rings (SSSR count). The number of hydrogen-bond donors (Lipinski definition) is 1. The van der Waals surface area contributed by atoms with Gasteiger partial charge in [0.2, 0.25) is 0 Å². The van der Waals surface area contributed by atoms with Gasteiger partial charge in [-0.1, -0.05) is 0 Å². The summed E-state index contributed by atoms with van der Waals surface area (Å²) in [6.07, 6.45) is 7.54. The quantitative estimate of drug-likeness (QED) is 0.894. The maximum atomic E-state index is 12.5. The first-order valence-corrected chi connectivity index (χ1v) is 8.80. The van der Waals surface area contributed by atoms with Gasteiger partial charge in [-0.05, 0) is 30.9 Å². The van der Waals surface area contributed by atoms with Gasteiger partial charge in [0.05, 0.1) is 5.56 Å². The molecule has 1 aliphatic carbocycles. The first-order valence-electron chi connectivity index (χ1n) is 8.80. The molecule has 1 amide bonds. The van der Waals surface area contributed by atoms with Crippen LogP contribution in [0.5, 0.6) is 0 Å². The predicted molar refractivity (Wildman–Crippen MR) is 95.6 cm³/mol. The lowest BCUT2D eigenvalue weighted by molar-refractivity contribution is 0.0746. The number of rotatable bonds is 5. The van der Waals surface area contributed by atoms with Gasteiger partial charge in [0.15, 0.2) is 0 Å². The lowest BCUT2D eigenvalue weighted by Gasteiger charge is -2.35. The van der Waals surface area contributed by atoms with Crippen molar-refractivity contribution in [2.24, 2.45) is 5.92 Å². The van der Waals surface area contributed by atoms with Gasteiger partial charge in [0, 0.05) is 51.2 Å². The van der Waals surface area contributed by atoms with E-state index in [0.29, 0.717) is 18.7 Å². The Morgan fingerprint density at radius 3 is 2.76 bits per heavy atom. The number of aromatic nitrogens is 3. The fourth-order valence-corrected chi connectivity index (χ4v) is 3.00. The Balaban J connectivity index is 1.35. The van der Waals surface area contributed by atoms with Gasteiger partial charge < -0.3 is 15.1 Å². The highest BCUT2D eigenvalue weighted by molar-refractivity contribution is 5.94. The molecule has 2 aromatic heterocycles. The summed E-state index contributed by atoms with van der Waals surface area (Å²) in [5, 5.41) is 3.39. The van der Waals surface area contributed by atoms with Crippen molar-refractivity contribution in [2.75, 3.05) is 42.9 Å². The number of hydrogen-bond acceptors (Lipinski definition) is 6. The summed E-state index contributed by atoms with van der Waals surface area (Å²) in [6, 6.07) is 5.60. The van der Waals surface area contributed by atoms with Crippen molar-refractivity contribution in [1.29, 1.82) is 0 Å². The van der Waals surface area contributed by atoms with Crippen LogP contribution in [0.2, 0.25) is 0 Å². The highest BCUT2D eigenvalue weighted by atomic mass is 16.2. The Kier molecular flexibility index (Phi) is 4.45. The van der Waals surface area contributed by atoms with E-state index in [1.165, 1.54) is 12.8 Å². The van der Waals surface area contributed by atoms with Crippen LogP contribution in [0, 0.1) is 5.92 Å². The van der Waals surface area contributed by atoms with E-state index in [0.717, 1.165) is 37.2 Å². The van der Waals surface area contributed by atoms with Crippen LogP contribution >= 0.6 is 0 Å². The van der Waals surface area contributed by atoms with Gasteiger partial charge in [-0.3, -0.25) is 9.78 Å². The largest absolute Gasteiger partial charge is 0.370 e. The summed E-state index contributed by atoms with van der Waals surface area (Å²) >= 11 is 0. The maximum absolute atomic E-state index is 12.5. The Morgan fingerprint density at radius 2 is 2.04 bits per heavy atom. The third-order valence-electron chi connectivity index (χ3n) is 4.72. The number of anilines is 2. The number of carbonyl (C=O) groups is 1. The Morgan fingerprint density at radius 1 is 1.20 bits per heavy atom. The van der Waals surface area contributed by atoms with Crippen LogP contribution in [0.4, 0.5) is 11.6 Å². The average Bonchev–Trinajstić information content (AvgIpc) is 3.51. The molecular formula is C18H22N6O. The fraction of sp³-hybridized carbons (Fsp3) is 0.444. The summed E-state index contributed by atoms with van der Waals surface area (Å²) in [4.78, 5) is 29.3. The zero-order valence-electron chi connectivity index (χ0n) is 14.1. The molecule has 7 nitrogen and oxygen atoms in total. The summed E-state index contributed by atoms with van der Waals surface area (Å²) < 4.78 is 0. The number of nitrogens with one attached hydrogen (secondary N) is 1. The highest BCUT2D eigenvalue weighted by Gasteiger charge is 2.24. The highest BCUT2D eigenvalue weighted by Crippen LogP contribution is 2.29. The molecule has 0 radical (unpaired) electrons. The molecule has 2 aromatic rings. The van der Waals surface area contributed by atoms with E-state index in [-0.39, 0.29) is 5.91 Å². The zero-order chi connectivity index (χ0) is 17.1. The summed E-state index contributed by atoms with van der Waals surface area (Å²) in [5.74, 6) is 2.65. The van der Waals surface area contributed by atoms with Gasteiger partial charge in [0.25, 0.3) is 5.91 Å². The Bertz CT molecular complexity index is 725. The number of piperazine rings is 1. The van der Waals surface area contributed by atoms with E-state index in [1.807, 2.05) is 17.0 Å². The Labute approximate surface area is 147 Å². The molecule has 3 heterocycles. The second-order valence-electron chi connectivity index (χ2n) is 6.61. The third-order valence-corrected chi connectivity index (χ3v) is 4.72. The molecule has 0 spiro atoms. The smallest absolute Gasteiger partial charge is 0.255 e. The van der Waals surface area contributed by atoms with Crippen molar-refractivity contribution in [1.82, 2.24) is 19.9 Å². The van der Waals surface area contributed by atoms with Gasteiger partial charge in [-0.2, -0.15) is 0 Å². The van der Waals surface area contributed by atoms with E-state index >= 15 is 0 Å². The molecule has 0 aromatic carbocycles. The summed E-state index contributed by atoms with van der Waals surface area (Å²) in [6.45, 7) is 3.89. The van der Waals surface area contributed by atoms with Crippen molar-refractivity contribution < 1.29 is 4.79 Å². The molecule has 0 unspecified atom stereocenters. The van der Waals surface area contributed by atoms with Crippen LogP contribution in [-0.2, 0) is 0 Å². The second-order valence-corrected chi connectivity index (χ2v) is 6.61. The van der Waals surface area contributed by atoms with Crippen LogP contribution in [0.15, 0.2) is 36.9 Å². The van der Waals surface area contributed by atoms with Crippen LogP contribution < -0.4 is 10.2 Å². The van der Waals surface area contributed by atoms with Crippen molar-refractivity contribution in [3.63, 3.8) is 0 Å². The first-order chi connectivity index (χ1) is 12.3. The molecular weight excluding hydrogens is 316 g/mol. The fourth-order valence-electron chi connectivity index (χ4n) is 3.00. The van der Waals surface area contributed by atoms with E-state index < -0.39 is 0 Å². The van der Waals surface area contributed by atoms with Crippen molar-refractivity contribution >= 4 is 17.5 Å². The number of amides is 1. The molecule has 2 fully saturated rings. The van der Waals surface area contributed by atoms with E-state index in [1.54, 1.807) is 24.8 Å².